The van der Waals surface area contributed by atoms with Gasteiger partial charge in [0.05, 0.1) is 6.04 Å². The minimum Gasteiger partial charge on any atom is -0.341 e. The molecule has 4 N–H and O–H groups in total. The summed E-state index contributed by atoms with van der Waals surface area (Å²) in [5.41, 5.74) is -0.280. The van der Waals surface area contributed by atoms with Crippen molar-refractivity contribution in [3.63, 3.8) is 0 Å². The summed E-state index contributed by atoms with van der Waals surface area (Å²) in [5, 5.41) is 15.7. The molecule has 2 aromatic rings. The van der Waals surface area contributed by atoms with Crippen LogP contribution >= 0.6 is 0 Å². The minimum atomic E-state index is -0.433. The number of imidazole rings is 1. The largest absolute Gasteiger partial charge is 0.341 e. The SMILES string of the molecule is CC(NC(=O)c1c[nH]c(=O)[nH]1)c1nn[nH]n1. The molecular formula is C7H9N7O2. The molecule has 2 heterocycles. The van der Waals surface area contributed by atoms with E-state index in [1.807, 2.05) is 0 Å². The third kappa shape index (κ3) is 1.97. The van der Waals surface area contributed by atoms with Crippen molar-refractivity contribution in [2.75, 3.05) is 0 Å². The van der Waals surface area contributed by atoms with Crippen LogP contribution in [0.3, 0.4) is 0 Å². The van der Waals surface area contributed by atoms with Gasteiger partial charge in [-0.25, -0.2) is 4.79 Å². The Morgan fingerprint density at radius 2 is 2.38 bits per heavy atom. The molecule has 0 aliphatic rings. The fourth-order valence-corrected chi connectivity index (χ4v) is 1.15. The lowest BCUT2D eigenvalue weighted by Crippen LogP contribution is -2.28. The monoisotopic (exact) mass is 223 g/mol. The lowest BCUT2D eigenvalue weighted by atomic mass is 10.3. The van der Waals surface area contributed by atoms with Gasteiger partial charge in [-0.3, -0.25) is 4.79 Å². The van der Waals surface area contributed by atoms with Crippen LogP contribution < -0.4 is 11.0 Å². The molecule has 0 saturated heterocycles. The highest BCUT2D eigenvalue weighted by atomic mass is 16.2. The Bertz CT molecular complexity index is 525. The van der Waals surface area contributed by atoms with E-state index in [1.165, 1.54) is 6.20 Å². The second kappa shape index (κ2) is 3.96. The van der Waals surface area contributed by atoms with Gasteiger partial charge in [0, 0.05) is 6.20 Å². The molecule has 9 nitrogen and oxygen atoms in total. The number of H-pyrrole nitrogens is 3. The Labute approximate surface area is 88.7 Å². The van der Waals surface area contributed by atoms with E-state index < -0.39 is 17.6 Å². The van der Waals surface area contributed by atoms with Gasteiger partial charge in [-0.1, -0.05) is 5.21 Å². The van der Waals surface area contributed by atoms with Crippen LogP contribution in [-0.4, -0.2) is 36.5 Å². The fourth-order valence-electron chi connectivity index (χ4n) is 1.15. The number of hydrogen-bond donors (Lipinski definition) is 4. The predicted octanol–water partition coefficient (Wildman–Crippen LogP) is -1.29. The van der Waals surface area contributed by atoms with Gasteiger partial charge < -0.3 is 15.3 Å². The lowest BCUT2D eigenvalue weighted by molar-refractivity contribution is 0.0933. The summed E-state index contributed by atoms with van der Waals surface area (Å²) in [7, 11) is 0. The molecule has 0 aliphatic carbocycles. The van der Waals surface area contributed by atoms with Gasteiger partial charge in [-0.05, 0) is 6.92 Å². The Hall–Kier alpha value is -2.45. The molecule has 16 heavy (non-hydrogen) atoms. The van der Waals surface area contributed by atoms with E-state index in [4.69, 9.17) is 0 Å². The average molecular weight is 223 g/mol. The molecular weight excluding hydrogens is 214 g/mol. The van der Waals surface area contributed by atoms with Crippen molar-refractivity contribution >= 4 is 5.91 Å². The van der Waals surface area contributed by atoms with Crippen LogP contribution in [0, 0.1) is 0 Å². The number of aromatic nitrogens is 6. The first kappa shape index (κ1) is 10.1. The van der Waals surface area contributed by atoms with Crippen molar-refractivity contribution in [3.05, 3.63) is 28.2 Å². The molecule has 2 aromatic heterocycles. The second-order valence-electron chi connectivity index (χ2n) is 3.12. The van der Waals surface area contributed by atoms with Gasteiger partial charge in [0.25, 0.3) is 5.91 Å². The number of rotatable bonds is 3. The highest BCUT2D eigenvalue weighted by Crippen LogP contribution is 2.03. The van der Waals surface area contributed by atoms with Gasteiger partial charge in [-0.15, -0.1) is 10.2 Å². The maximum absolute atomic E-state index is 11.6. The standard InChI is InChI=1S/C7H9N7O2/c1-3(5-11-13-14-12-5)9-6(15)4-2-8-7(16)10-4/h2-3H,1H3,(H,9,15)(H2,8,10,16)(H,11,12,13,14). The van der Waals surface area contributed by atoms with E-state index in [0.29, 0.717) is 5.82 Å². The third-order valence-electron chi connectivity index (χ3n) is 1.94. The summed E-state index contributed by atoms with van der Waals surface area (Å²) < 4.78 is 0. The molecule has 0 bridgehead atoms. The van der Waals surface area contributed by atoms with Crippen LogP contribution in [0.2, 0.25) is 0 Å². The topological polar surface area (TPSA) is 132 Å². The molecule has 2 rings (SSSR count). The van der Waals surface area contributed by atoms with E-state index >= 15 is 0 Å². The molecule has 0 radical (unpaired) electrons. The van der Waals surface area contributed by atoms with Crippen LogP contribution in [-0.2, 0) is 0 Å². The Morgan fingerprint density at radius 3 is 2.94 bits per heavy atom. The maximum atomic E-state index is 11.6. The third-order valence-corrected chi connectivity index (χ3v) is 1.94. The smallest absolute Gasteiger partial charge is 0.323 e. The van der Waals surface area contributed by atoms with E-state index in [0.717, 1.165) is 0 Å². The zero-order valence-electron chi connectivity index (χ0n) is 8.31. The average Bonchev–Trinajstić information content (AvgIpc) is 2.87. The highest BCUT2D eigenvalue weighted by Gasteiger charge is 2.15. The zero-order chi connectivity index (χ0) is 11.5. The lowest BCUT2D eigenvalue weighted by Gasteiger charge is -2.07. The van der Waals surface area contributed by atoms with E-state index in [2.05, 4.69) is 35.9 Å². The highest BCUT2D eigenvalue weighted by molar-refractivity contribution is 5.92. The number of carbonyl (C=O) groups excluding carboxylic acids is 1. The van der Waals surface area contributed by atoms with Gasteiger partial charge in [0.15, 0.2) is 5.82 Å². The van der Waals surface area contributed by atoms with Gasteiger partial charge in [0.1, 0.15) is 5.69 Å². The number of aromatic amines is 3. The molecule has 1 amide bonds. The van der Waals surface area contributed by atoms with Gasteiger partial charge in [-0.2, -0.15) is 5.21 Å². The summed E-state index contributed by atoms with van der Waals surface area (Å²) in [6.07, 6.45) is 1.29. The van der Waals surface area contributed by atoms with Crippen LogP contribution in [0.1, 0.15) is 29.3 Å². The van der Waals surface area contributed by atoms with Crippen molar-refractivity contribution in [1.82, 2.24) is 35.9 Å². The summed E-state index contributed by atoms with van der Waals surface area (Å²) in [5.74, 6) is -0.0538. The number of carbonyl (C=O) groups is 1. The molecule has 0 saturated carbocycles. The predicted molar refractivity (Wildman–Crippen MR) is 51.5 cm³/mol. The van der Waals surface area contributed by atoms with Crippen molar-refractivity contribution in [3.8, 4) is 0 Å². The normalized spacial score (nSPS) is 12.3. The Balaban J connectivity index is 2.05. The number of nitrogens with zero attached hydrogens (tertiary/aromatic N) is 3. The van der Waals surface area contributed by atoms with E-state index in [9.17, 15) is 9.59 Å². The Morgan fingerprint density at radius 1 is 1.56 bits per heavy atom. The quantitative estimate of drug-likeness (QED) is 0.513. The first-order chi connectivity index (χ1) is 7.66. The van der Waals surface area contributed by atoms with Crippen molar-refractivity contribution < 1.29 is 4.79 Å². The summed E-state index contributed by atoms with van der Waals surface area (Å²) in [6.45, 7) is 1.70. The second-order valence-corrected chi connectivity index (χ2v) is 3.12. The minimum absolute atomic E-state index is 0.153. The number of hydrogen-bond acceptors (Lipinski definition) is 5. The van der Waals surface area contributed by atoms with Crippen molar-refractivity contribution in [2.45, 2.75) is 13.0 Å². The first-order valence-electron chi connectivity index (χ1n) is 4.48. The number of nitrogens with one attached hydrogen (secondary N) is 4. The summed E-state index contributed by atoms with van der Waals surface area (Å²) >= 11 is 0. The Kier molecular flexibility index (Phi) is 2.50. The zero-order valence-corrected chi connectivity index (χ0v) is 8.31. The molecule has 1 unspecified atom stereocenters. The van der Waals surface area contributed by atoms with Crippen LogP contribution in [0.4, 0.5) is 0 Å². The molecule has 9 heteroatoms. The molecule has 0 fully saturated rings. The van der Waals surface area contributed by atoms with Crippen LogP contribution in [0.5, 0.6) is 0 Å². The summed E-state index contributed by atoms with van der Waals surface area (Å²) in [6, 6.07) is -0.398. The molecule has 0 spiro atoms. The number of amides is 1. The van der Waals surface area contributed by atoms with Crippen LogP contribution in [0.15, 0.2) is 11.0 Å². The first-order valence-corrected chi connectivity index (χ1v) is 4.48. The van der Waals surface area contributed by atoms with E-state index in [1.54, 1.807) is 6.92 Å². The van der Waals surface area contributed by atoms with Crippen LogP contribution in [0.25, 0.3) is 0 Å². The maximum Gasteiger partial charge on any atom is 0.323 e. The van der Waals surface area contributed by atoms with Gasteiger partial charge >= 0.3 is 5.69 Å². The molecule has 84 valence electrons. The fraction of sp³-hybridized carbons (Fsp3) is 0.286. The molecule has 1 atom stereocenters. The van der Waals surface area contributed by atoms with Crippen molar-refractivity contribution in [1.29, 1.82) is 0 Å². The van der Waals surface area contributed by atoms with Gasteiger partial charge in [0.2, 0.25) is 0 Å². The molecule has 0 aromatic carbocycles. The van der Waals surface area contributed by atoms with Crippen molar-refractivity contribution in [2.24, 2.45) is 0 Å². The van der Waals surface area contributed by atoms with E-state index in [-0.39, 0.29) is 5.69 Å². The molecule has 0 aliphatic heterocycles. The number of tetrazole rings is 1. The summed E-state index contributed by atoms with van der Waals surface area (Å²) in [4.78, 5) is 27.0.